The Kier molecular flexibility index (Phi) is 3.15. The molecule has 1 aliphatic carbocycles. The van der Waals surface area contributed by atoms with Gasteiger partial charge in [0.15, 0.2) is 0 Å². The summed E-state index contributed by atoms with van der Waals surface area (Å²) in [6, 6.07) is -0.287. The Morgan fingerprint density at radius 3 is 2.82 bits per heavy atom. The molecule has 2 N–H and O–H groups in total. The minimum absolute atomic E-state index is 0.205. The molecule has 94 valence electrons. The Labute approximate surface area is 96.9 Å². The number of aliphatic hydroxyl groups excluding tert-OH is 1. The van der Waals surface area contributed by atoms with Gasteiger partial charge in [0.25, 0.3) is 5.56 Å². The van der Waals surface area contributed by atoms with E-state index in [0.29, 0.717) is 12.0 Å². The highest BCUT2D eigenvalue weighted by molar-refractivity contribution is 5.03. The predicted octanol–water partition coefficient (Wildman–Crippen LogP) is 0.127. The molecule has 0 radical (unpaired) electrons. The first-order valence-electron chi connectivity index (χ1n) is 5.60. The first kappa shape index (κ1) is 12.0. The molecule has 0 saturated heterocycles. The third-order valence-corrected chi connectivity index (χ3v) is 3.36. The van der Waals surface area contributed by atoms with E-state index in [1.165, 1.54) is 10.8 Å². The van der Waals surface area contributed by atoms with E-state index in [0.717, 1.165) is 0 Å². The third-order valence-electron chi connectivity index (χ3n) is 3.36. The Balaban J connectivity index is 2.34. The van der Waals surface area contributed by atoms with Crippen molar-refractivity contribution in [3.63, 3.8) is 0 Å². The number of hydrogen-bond acceptors (Lipinski definition) is 3. The normalized spacial score (nSPS) is 28.5. The number of halogens is 1. The number of alkyl halides is 1. The molecule has 0 spiro atoms. The Bertz CT molecular complexity index is 522. The fourth-order valence-corrected chi connectivity index (χ4v) is 2.32. The molecule has 0 amide bonds. The van der Waals surface area contributed by atoms with Crippen LogP contribution in [-0.2, 0) is 0 Å². The van der Waals surface area contributed by atoms with Crippen molar-refractivity contribution < 1.29 is 9.50 Å². The molecule has 1 aromatic heterocycles. The second kappa shape index (κ2) is 4.44. The van der Waals surface area contributed by atoms with Crippen LogP contribution < -0.4 is 11.2 Å². The largest absolute Gasteiger partial charge is 0.396 e. The molecule has 6 heteroatoms. The number of aromatic amines is 1. The predicted molar refractivity (Wildman–Crippen MR) is 59.8 cm³/mol. The average Bonchev–Trinajstić information content (AvgIpc) is 2.65. The number of nitrogens with one attached hydrogen (secondary N) is 1. The lowest BCUT2D eigenvalue weighted by Crippen LogP contribution is -2.32. The van der Waals surface area contributed by atoms with Crippen molar-refractivity contribution in [2.75, 3.05) is 6.61 Å². The van der Waals surface area contributed by atoms with Gasteiger partial charge >= 0.3 is 5.69 Å². The summed E-state index contributed by atoms with van der Waals surface area (Å²) in [6.07, 6.45) is 0.988. The maximum Gasteiger partial charge on any atom is 0.328 e. The van der Waals surface area contributed by atoms with E-state index in [9.17, 15) is 14.0 Å². The summed E-state index contributed by atoms with van der Waals surface area (Å²) in [7, 11) is 0. The molecule has 1 aromatic rings. The number of aromatic nitrogens is 2. The summed E-state index contributed by atoms with van der Waals surface area (Å²) < 4.78 is 14.8. The van der Waals surface area contributed by atoms with E-state index in [1.807, 2.05) is 0 Å². The molecule has 2 rings (SSSR count). The van der Waals surface area contributed by atoms with Crippen molar-refractivity contribution in [1.29, 1.82) is 0 Å². The summed E-state index contributed by atoms with van der Waals surface area (Å²) in [5.74, 6) is -0.417. The van der Waals surface area contributed by atoms with Gasteiger partial charge in [-0.1, -0.05) is 0 Å². The minimum atomic E-state index is -1.09. The fourth-order valence-electron chi connectivity index (χ4n) is 2.32. The van der Waals surface area contributed by atoms with Gasteiger partial charge in [0.2, 0.25) is 0 Å². The van der Waals surface area contributed by atoms with Crippen molar-refractivity contribution in [2.45, 2.75) is 32.0 Å². The zero-order valence-electron chi connectivity index (χ0n) is 9.52. The minimum Gasteiger partial charge on any atom is -0.396 e. The van der Waals surface area contributed by atoms with Gasteiger partial charge in [0.1, 0.15) is 6.17 Å². The van der Waals surface area contributed by atoms with Crippen molar-refractivity contribution in [2.24, 2.45) is 5.92 Å². The second-order valence-electron chi connectivity index (χ2n) is 4.56. The van der Waals surface area contributed by atoms with Crippen LogP contribution in [0.4, 0.5) is 4.39 Å². The molecular formula is C11H15FN2O3. The van der Waals surface area contributed by atoms with E-state index in [1.54, 1.807) is 6.92 Å². The van der Waals surface area contributed by atoms with Gasteiger partial charge in [-0.2, -0.15) is 0 Å². The van der Waals surface area contributed by atoms with Gasteiger partial charge in [0, 0.05) is 30.3 Å². The zero-order valence-corrected chi connectivity index (χ0v) is 9.52. The van der Waals surface area contributed by atoms with Gasteiger partial charge in [-0.15, -0.1) is 0 Å². The third kappa shape index (κ3) is 2.17. The van der Waals surface area contributed by atoms with Crippen molar-refractivity contribution >= 4 is 0 Å². The van der Waals surface area contributed by atoms with Crippen LogP contribution in [0.15, 0.2) is 15.8 Å². The summed E-state index contributed by atoms with van der Waals surface area (Å²) in [4.78, 5) is 25.0. The van der Waals surface area contributed by atoms with E-state index in [2.05, 4.69) is 4.98 Å². The lowest BCUT2D eigenvalue weighted by atomic mass is 10.1. The van der Waals surface area contributed by atoms with Crippen LogP contribution in [0.5, 0.6) is 0 Å². The first-order chi connectivity index (χ1) is 8.02. The summed E-state index contributed by atoms with van der Waals surface area (Å²) in [6.45, 7) is 1.38. The van der Waals surface area contributed by atoms with E-state index in [4.69, 9.17) is 5.11 Å². The Hall–Kier alpha value is -1.43. The molecule has 0 aliphatic heterocycles. The Morgan fingerprint density at radius 1 is 1.53 bits per heavy atom. The summed E-state index contributed by atoms with van der Waals surface area (Å²) >= 11 is 0. The standard InChI is InChI=1S/C11H15FN2O3/c1-6-4-14(11(17)13-10(6)16)8-2-7(5-15)9(12)3-8/h4,7-9,15H,2-3,5H2,1H3,(H,13,16,17). The second-order valence-corrected chi connectivity index (χ2v) is 4.56. The number of aliphatic hydroxyl groups is 1. The monoisotopic (exact) mass is 242 g/mol. The molecule has 1 heterocycles. The van der Waals surface area contributed by atoms with E-state index in [-0.39, 0.29) is 19.1 Å². The van der Waals surface area contributed by atoms with E-state index >= 15 is 0 Å². The number of rotatable bonds is 2. The highest BCUT2D eigenvalue weighted by atomic mass is 19.1. The van der Waals surface area contributed by atoms with Crippen molar-refractivity contribution in [1.82, 2.24) is 9.55 Å². The van der Waals surface area contributed by atoms with Crippen LogP contribution in [0.1, 0.15) is 24.4 Å². The lowest BCUT2D eigenvalue weighted by molar-refractivity contribution is 0.162. The van der Waals surface area contributed by atoms with Gasteiger partial charge in [-0.05, 0) is 19.8 Å². The molecule has 0 bridgehead atoms. The quantitative estimate of drug-likeness (QED) is 0.773. The van der Waals surface area contributed by atoms with Crippen molar-refractivity contribution in [3.8, 4) is 0 Å². The highest BCUT2D eigenvalue weighted by Crippen LogP contribution is 2.35. The number of H-pyrrole nitrogens is 1. The molecule has 1 fully saturated rings. The van der Waals surface area contributed by atoms with Crippen LogP contribution in [-0.4, -0.2) is 27.4 Å². The topological polar surface area (TPSA) is 75.1 Å². The fraction of sp³-hybridized carbons (Fsp3) is 0.636. The summed E-state index contributed by atoms with van der Waals surface area (Å²) in [5.41, 5.74) is -0.511. The average molecular weight is 242 g/mol. The van der Waals surface area contributed by atoms with Gasteiger partial charge < -0.3 is 5.11 Å². The molecule has 3 unspecified atom stereocenters. The molecule has 5 nitrogen and oxygen atoms in total. The lowest BCUT2D eigenvalue weighted by Gasteiger charge is -2.13. The van der Waals surface area contributed by atoms with Crippen LogP contribution in [0.25, 0.3) is 0 Å². The van der Waals surface area contributed by atoms with Crippen LogP contribution in [0.2, 0.25) is 0 Å². The molecule has 0 aromatic carbocycles. The SMILES string of the molecule is Cc1cn(C2CC(F)C(CO)C2)c(=O)[nH]c1=O. The molecule has 17 heavy (non-hydrogen) atoms. The highest BCUT2D eigenvalue weighted by Gasteiger charge is 2.35. The number of hydrogen-bond donors (Lipinski definition) is 2. The van der Waals surface area contributed by atoms with E-state index < -0.39 is 23.3 Å². The smallest absolute Gasteiger partial charge is 0.328 e. The molecule has 1 aliphatic rings. The van der Waals surface area contributed by atoms with Gasteiger partial charge in [-0.25, -0.2) is 9.18 Å². The van der Waals surface area contributed by atoms with Crippen molar-refractivity contribution in [3.05, 3.63) is 32.6 Å². The Morgan fingerprint density at radius 2 is 2.24 bits per heavy atom. The van der Waals surface area contributed by atoms with Gasteiger partial charge in [0.05, 0.1) is 0 Å². The molecule has 3 atom stereocenters. The van der Waals surface area contributed by atoms with Crippen LogP contribution in [0, 0.1) is 12.8 Å². The number of nitrogens with zero attached hydrogens (tertiary/aromatic N) is 1. The summed E-state index contributed by atoms with van der Waals surface area (Å²) in [5, 5.41) is 8.98. The number of aryl methyl sites for hydroxylation is 1. The zero-order chi connectivity index (χ0) is 12.6. The maximum atomic E-state index is 13.5. The van der Waals surface area contributed by atoms with Gasteiger partial charge in [-0.3, -0.25) is 14.3 Å². The van der Waals surface area contributed by atoms with Crippen LogP contribution in [0.3, 0.4) is 0 Å². The van der Waals surface area contributed by atoms with Crippen LogP contribution >= 0.6 is 0 Å². The molecular weight excluding hydrogens is 227 g/mol. The maximum absolute atomic E-state index is 13.5. The first-order valence-corrected chi connectivity index (χ1v) is 5.60. The molecule has 1 saturated carbocycles.